The lowest BCUT2D eigenvalue weighted by Gasteiger charge is -2.20. The molecule has 32 heavy (non-hydrogen) atoms. The number of alkyl halides is 3. The molecule has 0 bridgehead atoms. The number of carbonyl (C=O) groups is 1. The molecule has 0 aromatic heterocycles. The number of carbonyl (C=O) groups excluding carboxylic acids is 1. The highest BCUT2D eigenvalue weighted by molar-refractivity contribution is 5.99. The molecule has 1 aliphatic heterocycles. The Bertz CT molecular complexity index is 1060. The molecule has 3 rings (SSSR count). The summed E-state index contributed by atoms with van der Waals surface area (Å²) in [5.74, 6) is -1.38. The van der Waals surface area contributed by atoms with E-state index in [1.54, 1.807) is 24.3 Å². The van der Waals surface area contributed by atoms with E-state index in [1.165, 1.54) is 19.2 Å². The molecular formula is C21H20F4N4O3. The van der Waals surface area contributed by atoms with Crippen LogP contribution in [-0.4, -0.2) is 41.7 Å². The number of hydrogen-bond donors (Lipinski definition) is 4. The second-order valence-electron chi connectivity index (χ2n) is 6.93. The molecule has 2 aromatic carbocycles. The van der Waals surface area contributed by atoms with Crippen LogP contribution in [0.3, 0.4) is 0 Å². The molecule has 1 fully saturated rings. The van der Waals surface area contributed by atoms with Crippen LogP contribution in [0.2, 0.25) is 0 Å². The number of hydrogen-bond acceptors (Lipinski definition) is 5. The number of ether oxygens (including phenoxy) is 1. The third kappa shape index (κ3) is 4.99. The summed E-state index contributed by atoms with van der Waals surface area (Å²) < 4.78 is 57.9. The van der Waals surface area contributed by atoms with Gasteiger partial charge in [0.15, 0.2) is 0 Å². The van der Waals surface area contributed by atoms with Crippen molar-refractivity contribution in [3.05, 3.63) is 76.8 Å². The van der Waals surface area contributed by atoms with Crippen molar-refractivity contribution >= 4 is 11.7 Å². The number of nitrogens with zero attached hydrogens (tertiary/aromatic N) is 1. The molecule has 0 spiro atoms. The Morgan fingerprint density at radius 3 is 2.66 bits per heavy atom. The van der Waals surface area contributed by atoms with E-state index in [0.717, 1.165) is 6.07 Å². The number of rotatable bonds is 6. The molecule has 1 atom stereocenters. The maximum Gasteiger partial charge on any atom is 0.407 e. The molecule has 0 radical (unpaired) electrons. The summed E-state index contributed by atoms with van der Waals surface area (Å²) in [6.45, 7) is -1.59. The molecule has 1 amide bonds. The van der Waals surface area contributed by atoms with E-state index in [0.29, 0.717) is 17.0 Å². The fourth-order valence-corrected chi connectivity index (χ4v) is 3.27. The van der Waals surface area contributed by atoms with Gasteiger partial charge in [0.2, 0.25) is 0 Å². The van der Waals surface area contributed by atoms with Crippen LogP contribution >= 0.6 is 0 Å². The number of benzene rings is 2. The fourth-order valence-electron chi connectivity index (χ4n) is 3.27. The number of nitrogens with one attached hydrogen (secondary N) is 3. The van der Waals surface area contributed by atoms with E-state index in [2.05, 4.69) is 10.7 Å². The molecule has 1 aliphatic rings. The molecule has 0 saturated carbocycles. The van der Waals surface area contributed by atoms with Crippen LogP contribution in [0.1, 0.15) is 27.5 Å². The van der Waals surface area contributed by atoms with Gasteiger partial charge in [-0.25, -0.2) is 9.82 Å². The second-order valence-corrected chi connectivity index (χ2v) is 6.93. The molecule has 1 saturated heterocycles. The highest BCUT2D eigenvalue weighted by Gasteiger charge is 2.40. The Balaban J connectivity index is 1.73. The van der Waals surface area contributed by atoms with Crippen LogP contribution in [0.4, 0.5) is 17.6 Å². The van der Waals surface area contributed by atoms with E-state index in [-0.39, 0.29) is 28.8 Å². The standard InChI is InChI=1S/C21H20F4N4O3/c1-32-17-5-3-2-4-14(17)20(31)27-9-13-7-6-12(8-16(13)22)18-15(10-30)19(26)29(28-18)11-21(23,24)25/h2-8,10,18,26,28,30H,9,11H2,1H3,(H,27,31). The minimum atomic E-state index is -4.58. The summed E-state index contributed by atoms with van der Waals surface area (Å²) in [4.78, 5) is 12.4. The van der Waals surface area contributed by atoms with Crippen molar-refractivity contribution < 1.29 is 32.2 Å². The molecule has 7 nitrogen and oxygen atoms in total. The minimum absolute atomic E-state index is 0.133. The smallest absolute Gasteiger partial charge is 0.407 e. The summed E-state index contributed by atoms with van der Waals surface area (Å²) in [7, 11) is 1.42. The van der Waals surface area contributed by atoms with Crippen LogP contribution in [0, 0.1) is 11.2 Å². The molecule has 11 heteroatoms. The van der Waals surface area contributed by atoms with Crippen molar-refractivity contribution in [2.24, 2.45) is 0 Å². The number of aliphatic hydroxyl groups is 1. The predicted octanol–water partition coefficient (Wildman–Crippen LogP) is 3.61. The van der Waals surface area contributed by atoms with Crippen LogP contribution in [0.25, 0.3) is 0 Å². The highest BCUT2D eigenvalue weighted by Crippen LogP contribution is 2.32. The largest absolute Gasteiger partial charge is 0.515 e. The van der Waals surface area contributed by atoms with Gasteiger partial charge in [-0.05, 0) is 23.8 Å². The van der Waals surface area contributed by atoms with Crippen molar-refractivity contribution in [3.63, 3.8) is 0 Å². The van der Waals surface area contributed by atoms with Gasteiger partial charge in [-0.15, -0.1) is 0 Å². The lowest BCUT2D eigenvalue weighted by Crippen LogP contribution is -2.41. The van der Waals surface area contributed by atoms with Gasteiger partial charge in [0.25, 0.3) is 5.91 Å². The zero-order valence-electron chi connectivity index (χ0n) is 16.8. The van der Waals surface area contributed by atoms with E-state index in [9.17, 15) is 27.5 Å². The average molecular weight is 452 g/mol. The monoisotopic (exact) mass is 452 g/mol. The highest BCUT2D eigenvalue weighted by atomic mass is 19.4. The Kier molecular flexibility index (Phi) is 6.68. The number of amides is 1. The third-order valence-corrected chi connectivity index (χ3v) is 4.82. The van der Waals surface area contributed by atoms with Gasteiger partial charge in [0.05, 0.1) is 30.6 Å². The summed E-state index contributed by atoms with van der Waals surface area (Å²) in [5, 5.41) is 20.4. The average Bonchev–Trinajstić information content (AvgIpc) is 3.06. The first-order valence-electron chi connectivity index (χ1n) is 9.37. The Morgan fingerprint density at radius 2 is 2.03 bits per heavy atom. The first-order chi connectivity index (χ1) is 15.1. The second kappa shape index (κ2) is 9.27. The van der Waals surface area contributed by atoms with E-state index in [4.69, 9.17) is 10.1 Å². The molecule has 0 aliphatic carbocycles. The van der Waals surface area contributed by atoms with Gasteiger partial charge < -0.3 is 15.2 Å². The van der Waals surface area contributed by atoms with Crippen LogP contribution in [0.15, 0.2) is 54.3 Å². The van der Waals surface area contributed by atoms with Gasteiger partial charge in [0, 0.05) is 12.1 Å². The first-order valence-corrected chi connectivity index (χ1v) is 9.37. The summed E-state index contributed by atoms with van der Waals surface area (Å²) in [6.07, 6.45) is -4.06. The van der Waals surface area contributed by atoms with Crippen molar-refractivity contribution in [2.45, 2.75) is 18.8 Å². The van der Waals surface area contributed by atoms with Crippen LogP contribution in [-0.2, 0) is 6.54 Å². The van der Waals surface area contributed by atoms with Crippen LogP contribution < -0.4 is 15.5 Å². The van der Waals surface area contributed by atoms with Crippen molar-refractivity contribution in [1.29, 1.82) is 5.41 Å². The van der Waals surface area contributed by atoms with Gasteiger partial charge in [-0.1, -0.05) is 24.3 Å². The topological polar surface area (TPSA) is 97.7 Å². The lowest BCUT2D eigenvalue weighted by atomic mass is 9.99. The Morgan fingerprint density at radius 1 is 1.31 bits per heavy atom. The van der Waals surface area contributed by atoms with Crippen molar-refractivity contribution in [2.75, 3.05) is 13.7 Å². The zero-order valence-corrected chi connectivity index (χ0v) is 16.8. The number of methoxy groups -OCH3 is 1. The number of hydrazine groups is 1. The Labute approximate surface area is 180 Å². The molecule has 1 heterocycles. The summed E-state index contributed by atoms with van der Waals surface area (Å²) in [5.41, 5.74) is 2.95. The summed E-state index contributed by atoms with van der Waals surface area (Å²) >= 11 is 0. The first kappa shape index (κ1) is 23.1. The molecule has 1 unspecified atom stereocenters. The van der Waals surface area contributed by atoms with Crippen molar-refractivity contribution in [3.8, 4) is 5.75 Å². The normalized spacial score (nSPS) is 17.7. The maximum atomic E-state index is 14.7. The number of halogens is 4. The van der Waals surface area contributed by atoms with E-state index in [1.807, 2.05) is 0 Å². The van der Waals surface area contributed by atoms with Gasteiger partial charge in [-0.2, -0.15) is 13.2 Å². The maximum absolute atomic E-state index is 14.7. The van der Waals surface area contributed by atoms with Crippen LogP contribution in [0.5, 0.6) is 5.75 Å². The quantitative estimate of drug-likeness (QED) is 0.397. The third-order valence-electron chi connectivity index (χ3n) is 4.82. The Hall–Kier alpha value is -3.60. The fraction of sp³-hybridized carbons (Fsp3) is 0.238. The molecule has 170 valence electrons. The zero-order chi connectivity index (χ0) is 23.5. The molecular weight excluding hydrogens is 432 g/mol. The SMILES string of the molecule is COc1ccccc1C(=O)NCc1ccc(C2NN(CC(F)(F)F)C(=N)C2=CO)cc1F. The van der Waals surface area contributed by atoms with Crippen molar-refractivity contribution in [1.82, 2.24) is 15.8 Å². The summed E-state index contributed by atoms with van der Waals surface area (Å²) in [6, 6.07) is 9.40. The number of aliphatic hydroxyl groups excluding tert-OH is 1. The van der Waals surface area contributed by atoms with E-state index < -0.39 is 36.3 Å². The number of amidine groups is 1. The number of para-hydroxylation sites is 1. The lowest BCUT2D eigenvalue weighted by molar-refractivity contribution is -0.142. The molecule has 2 aromatic rings. The predicted molar refractivity (Wildman–Crippen MR) is 108 cm³/mol. The van der Waals surface area contributed by atoms with Gasteiger partial charge >= 0.3 is 6.18 Å². The molecule has 4 N–H and O–H groups in total. The van der Waals surface area contributed by atoms with E-state index >= 15 is 0 Å². The van der Waals surface area contributed by atoms with Gasteiger partial charge in [-0.3, -0.25) is 15.2 Å². The van der Waals surface area contributed by atoms with Gasteiger partial charge in [0.1, 0.15) is 23.9 Å². The minimum Gasteiger partial charge on any atom is -0.515 e.